The summed E-state index contributed by atoms with van der Waals surface area (Å²) in [6.45, 7) is 1.41. The minimum atomic E-state index is -6.67. The third-order valence-corrected chi connectivity index (χ3v) is 5.64. The van der Waals surface area contributed by atoms with Crippen LogP contribution in [-0.2, 0) is 11.2 Å². The predicted octanol–water partition coefficient (Wildman–Crippen LogP) is 5.34. The van der Waals surface area contributed by atoms with Crippen molar-refractivity contribution in [3.05, 3.63) is 59.2 Å². The summed E-state index contributed by atoms with van der Waals surface area (Å²) in [7, 11) is 0. The van der Waals surface area contributed by atoms with Crippen molar-refractivity contribution in [2.24, 2.45) is 5.10 Å². The van der Waals surface area contributed by atoms with Crippen LogP contribution in [0.25, 0.3) is 10.9 Å². The second-order valence-electron chi connectivity index (χ2n) is 8.07. The second-order valence-corrected chi connectivity index (χ2v) is 8.07. The van der Waals surface area contributed by atoms with Gasteiger partial charge in [-0.2, -0.15) is 35.8 Å². The number of nitrogens with one attached hydrogen (secondary N) is 1. The Hall–Kier alpha value is -3.97. The molecule has 7 nitrogen and oxygen atoms in total. The monoisotopic (exact) mass is 531 g/mol. The molecule has 0 unspecified atom stereocenters. The number of hydrazone groups is 1. The third-order valence-electron chi connectivity index (χ3n) is 5.64. The average molecular weight is 531 g/mol. The largest absolute Gasteiger partial charge is 0.460 e. The zero-order valence-electron chi connectivity index (χ0n) is 18.8. The number of ether oxygens (including phenoxy) is 1. The number of furan rings is 1. The molecule has 0 aliphatic heterocycles. The number of pyridine rings is 1. The highest BCUT2D eigenvalue weighted by molar-refractivity contribution is 6.06. The summed E-state index contributed by atoms with van der Waals surface area (Å²) in [5.41, 5.74) is 1.61. The number of hydrogen-bond donors (Lipinski definition) is 1. The Kier molecular flexibility index (Phi) is 6.46. The maximum Gasteiger partial charge on any atom is 0.460 e. The number of benzene rings is 1. The normalized spacial score (nSPS) is 15.5. The fourth-order valence-corrected chi connectivity index (χ4v) is 3.79. The Morgan fingerprint density at radius 2 is 1.76 bits per heavy atom. The molecular formula is C23H16F7N3O4. The van der Waals surface area contributed by atoms with Gasteiger partial charge in [0.15, 0.2) is 5.75 Å². The van der Waals surface area contributed by atoms with E-state index in [4.69, 9.17) is 9.15 Å². The van der Waals surface area contributed by atoms with Crippen LogP contribution >= 0.6 is 0 Å². The topological polar surface area (TPSA) is 93.8 Å². The third kappa shape index (κ3) is 4.51. The van der Waals surface area contributed by atoms with Gasteiger partial charge in [-0.25, -0.2) is 10.2 Å². The van der Waals surface area contributed by atoms with Crippen LogP contribution in [-0.4, -0.2) is 40.6 Å². The number of amides is 1. The minimum absolute atomic E-state index is 0.0244. The predicted molar refractivity (Wildman–Crippen MR) is 114 cm³/mol. The van der Waals surface area contributed by atoms with Crippen LogP contribution in [0, 0.1) is 6.92 Å². The molecular weight excluding hydrogens is 515 g/mol. The Morgan fingerprint density at radius 1 is 1.05 bits per heavy atom. The Labute approximate surface area is 203 Å². The van der Waals surface area contributed by atoms with Crippen LogP contribution in [0.4, 0.5) is 30.7 Å². The van der Waals surface area contributed by atoms with E-state index in [2.05, 4.69) is 10.1 Å². The van der Waals surface area contributed by atoms with Crippen LogP contribution in [0.5, 0.6) is 5.75 Å². The smallest absolute Gasteiger partial charge is 0.453 e. The van der Waals surface area contributed by atoms with Gasteiger partial charge < -0.3 is 9.15 Å². The summed E-state index contributed by atoms with van der Waals surface area (Å²) in [5, 5.41) is 4.05. The van der Waals surface area contributed by atoms with Gasteiger partial charge in [0.2, 0.25) is 5.76 Å². The molecule has 0 saturated heterocycles. The quantitative estimate of drug-likeness (QED) is 0.208. The van der Waals surface area contributed by atoms with E-state index in [-0.39, 0.29) is 47.0 Å². The Morgan fingerprint density at radius 3 is 2.46 bits per heavy atom. The summed E-state index contributed by atoms with van der Waals surface area (Å²) < 4.78 is 102. The van der Waals surface area contributed by atoms with Crippen LogP contribution in [0.3, 0.4) is 0 Å². The highest BCUT2D eigenvalue weighted by Gasteiger charge is 2.76. The van der Waals surface area contributed by atoms with Crippen molar-refractivity contribution in [2.45, 2.75) is 44.2 Å². The molecule has 4 rings (SSSR count). The van der Waals surface area contributed by atoms with Crippen LogP contribution in [0.2, 0.25) is 0 Å². The molecule has 0 atom stereocenters. The lowest BCUT2D eigenvalue weighted by Crippen LogP contribution is -2.58. The highest BCUT2D eigenvalue weighted by Crippen LogP contribution is 2.46. The maximum atomic E-state index is 13.6. The molecule has 0 spiro atoms. The fourth-order valence-electron chi connectivity index (χ4n) is 3.79. The molecule has 0 radical (unpaired) electrons. The van der Waals surface area contributed by atoms with Crippen molar-refractivity contribution in [3.63, 3.8) is 0 Å². The van der Waals surface area contributed by atoms with E-state index in [1.165, 1.54) is 19.2 Å². The summed E-state index contributed by atoms with van der Waals surface area (Å²) in [4.78, 5) is 28.6. The number of nitrogens with zero attached hydrogens (tertiary/aromatic N) is 2. The maximum absolute atomic E-state index is 13.6. The molecule has 1 N–H and O–H groups in total. The number of alkyl halides is 7. The van der Waals surface area contributed by atoms with E-state index in [0.717, 1.165) is 5.43 Å². The number of aryl methyl sites for hydroxylation is 1. The van der Waals surface area contributed by atoms with Gasteiger partial charge >= 0.3 is 29.9 Å². The molecule has 1 amide bonds. The molecule has 0 fully saturated rings. The van der Waals surface area contributed by atoms with Gasteiger partial charge in [0.25, 0.3) is 0 Å². The zero-order valence-corrected chi connectivity index (χ0v) is 18.8. The van der Waals surface area contributed by atoms with Crippen molar-refractivity contribution in [1.29, 1.82) is 0 Å². The van der Waals surface area contributed by atoms with Gasteiger partial charge in [-0.1, -0.05) is 18.2 Å². The standard InChI is InChI=1S/C23H16F7N3O4/c1-11-16-13(32-33-20(35)21(24,25)22(26,27)23(28,29)30)7-3-8-14(16)36-18(11)19(34)37-15-9-2-5-12-6-4-10-31-17(12)15/h2,4-6,9-10H,3,7-8H2,1H3,(H,33,35)/b32-13+. The lowest BCUT2D eigenvalue weighted by Gasteiger charge is -2.26. The Bertz CT molecular complexity index is 1410. The van der Waals surface area contributed by atoms with E-state index in [1.54, 1.807) is 24.3 Å². The molecule has 3 aromatic rings. The minimum Gasteiger partial charge on any atom is -0.453 e. The molecule has 1 aromatic carbocycles. The summed E-state index contributed by atoms with van der Waals surface area (Å²) >= 11 is 0. The number of fused-ring (bicyclic) bond motifs is 2. The number of aromatic nitrogens is 1. The van der Waals surface area contributed by atoms with Crippen LogP contribution in [0.15, 0.2) is 46.0 Å². The second kappa shape index (κ2) is 9.16. The van der Waals surface area contributed by atoms with E-state index in [1.807, 2.05) is 0 Å². The number of esters is 1. The van der Waals surface area contributed by atoms with Gasteiger partial charge in [0.05, 0.1) is 5.71 Å². The number of hydrogen-bond acceptors (Lipinski definition) is 6. The highest BCUT2D eigenvalue weighted by atomic mass is 19.4. The summed E-state index contributed by atoms with van der Waals surface area (Å²) in [6, 6.07) is 8.34. The van der Waals surface area contributed by atoms with Gasteiger partial charge in [-0.15, -0.1) is 0 Å². The van der Waals surface area contributed by atoms with Gasteiger partial charge in [-0.3, -0.25) is 9.78 Å². The van der Waals surface area contributed by atoms with Crippen LogP contribution < -0.4 is 10.2 Å². The zero-order chi connectivity index (χ0) is 27.2. The molecule has 1 aliphatic rings. The molecule has 2 aromatic heterocycles. The molecule has 1 aliphatic carbocycles. The molecule has 0 bridgehead atoms. The summed E-state index contributed by atoms with van der Waals surface area (Å²) in [5.74, 6) is -16.6. The average Bonchev–Trinajstić information content (AvgIpc) is 3.19. The number of rotatable bonds is 5. The van der Waals surface area contributed by atoms with E-state index < -0.39 is 29.9 Å². The first-order valence-corrected chi connectivity index (χ1v) is 10.6. The van der Waals surface area contributed by atoms with Gasteiger partial charge in [0, 0.05) is 29.1 Å². The lowest BCUT2D eigenvalue weighted by molar-refractivity contribution is -0.344. The van der Waals surface area contributed by atoms with E-state index in [0.29, 0.717) is 17.3 Å². The lowest BCUT2D eigenvalue weighted by atomic mass is 9.93. The first kappa shape index (κ1) is 26.1. The van der Waals surface area contributed by atoms with E-state index in [9.17, 15) is 40.3 Å². The fraction of sp³-hybridized carbons (Fsp3) is 0.304. The number of carbonyl (C=O) groups excluding carboxylic acids is 2. The SMILES string of the molecule is Cc1c(C(=O)Oc2cccc3cccnc23)oc2c1/C(=N/NC(=O)C(F)(F)C(F)(F)C(F)(F)F)CCC2. The van der Waals surface area contributed by atoms with Gasteiger partial charge in [0.1, 0.15) is 11.3 Å². The first-order chi connectivity index (χ1) is 17.3. The molecule has 37 heavy (non-hydrogen) atoms. The molecule has 196 valence electrons. The molecule has 2 heterocycles. The Balaban J connectivity index is 1.60. The van der Waals surface area contributed by atoms with Crippen molar-refractivity contribution >= 4 is 28.5 Å². The summed E-state index contributed by atoms with van der Waals surface area (Å²) in [6.07, 6.45) is -4.58. The number of carbonyl (C=O) groups is 2. The molecule has 0 saturated carbocycles. The van der Waals surface area contributed by atoms with Crippen molar-refractivity contribution in [2.75, 3.05) is 0 Å². The number of para-hydroxylation sites is 1. The molecule has 14 heteroatoms. The van der Waals surface area contributed by atoms with Crippen molar-refractivity contribution < 1.29 is 49.5 Å². The van der Waals surface area contributed by atoms with Crippen molar-refractivity contribution in [3.8, 4) is 5.75 Å². The van der Waals surface area contributed by atoms with Crippen molar-refractivity contribution in [1.82, 2.24) is 10.4 Å². The van der Waals surface area contributed by atoms with E-state index >= 15 is 0 Å². The van der Waals surface area contributed by atoms with Gasteiger partial charge in [-0.05, 0) is 31.9 Å². The van der Waals surface area contributed by atoms with Crippen LogP contribution in [0.1, 0.15) is 40.3 Å². The first-order valence-electron chi connectivity index (χ1n) is 10.6. The number of halogens is 7.